The second-order valence-corrected chi connectivity index (χ2v) is 6.66. The maximum atomic E-state index is 12.0. The second kappa shape index (κ2) is 5.17. The fourth-order valence-electron chi connectivity index (χ4n) is 2.62. The molecule has 3 N–H and O–H groups in total. The molecule has 0 aromatic carbocycles. The highest BCUT2D eigenvalue weighted by atomic mass is 16.5. The van der Waals surface area contributed by atoms with E-state index in [1.807, 2.05) is 0 Å². The lowest BCUT2D eigenvalue weighted by molar-refractivity contribution is -0.182. The first kappa shape index (κ1) is 15.4. The van der Waals surface area contributed by atoms with E-state index in [4.69, 9.17) is 10.5 Å². The Bertz CT molecular complexity index is 315. The minimum Gasteiger partial charge on any atom is -0.378 e. The monoisotopic (exact) mass is 256 g/mol. The summed E-state index contributed by atoms with van der Waals surface area (Å²) in [7, 11) is 1.73. The molecule has 4 nitrogen and oxygen atoms in total. The first-order valence-corrected chi connectivity index (χ1v) is 6.75. The molecule has 0 aromatic heterocycles. The van der Waals surface area contributed by atoms with Crippen LogP contribution in [0.3, 0.4) is 0 Å². The molecule has 0 bridgehead atoms. The van der Waals surface area contributed by atoms with Gasteiger partial charge in [-0.05, 0) is 25.7 Å². The summed E-state index contributed by atoms with van der Waals surface area (Å²) in [5.74, 6) is 0.393. The molecule has 1 saturated carbocycles. The predicted molar refractivity (Wildman–Crippen MR) is 73.2 cm³/mol. The Balaban J connectivity index is 2.53. The summed E-state index contributed by atoms with van der Waals surface area (Å²) in [5, 5.41) is 3.06. The molecule has 1 aliphatic rings. The number of carbonyl (C=O) groups excluding carboxylic acids is 1. The smallest absolute Gasteiger partial charge is 0.237 e. The Hall–Kier alpha value is -0.610. The Labute approximate surface area is 111 Å². The van der Waals surface area contributed by atoms with Crippen LogP contribution in [0.5, 0.6) is 0 Å². The van der Waals surface area contributed by atoms with Crippen LogP contribution in [0, 0.1) is 11.3 Å². The van der Waals surface area contributed by atoms with Crippen LogP contribution < -0.4 is 11.1 Å². The van der Waals surface area contributed by atoms with Gasteiger partial charge >= 0.3 is 0 Å². The first-order valence-electron chi connectivity index (χ1n) is 6.75. The van der Waals surface area contributed by atoms with E-state index in [-0.39, 0.29) is 23.0 Å². The number of ether oxygens (including phenoxy) is 1. The highest BCUT2D eigenvalue weighted by molar-refractivity contribution is 5.82. The zero-order chi connectivity index (χ0) is 14.1. The van der Waals surface area contributed by atoms with Crippen LogP contribution >= 0.6 is 0 Å². The molecule has 106 valence electrons. The number of hydrogen-bond donors (Lipinski definition) is 2. The van der Waals surface area contributed by atoms with Crippen LogP contribution in [0.25, 0.3) is 0 Å². The van der Waals surface area contributed by atoms with Crippen molar-refractivity contribution in [3.8, 4) is 0 Å². The van der Waals surface area contributed by atoms with Crippen molar-refractivity contribution >= 4 is 5.91 Å². The van der Waals surface area contributed by atoms with Gasteiger partial charge in [-0.2, -0.15) is 0 Å². The lowest BCUT2D eigenvalue weighted by atomic mass is 9.56. The van der Waals surface area contributed by atoms with Gasteiger partial charge < -0.3 is 15.8 Å². The summed E-state index contributed by atoms with van der Waals surface area (Å²) in [4.78, 5) is 12.0. The van der Waals surface area contributed by atoms with E-state index in [9.17, 15) is 4.79 Å². The third kappa shape index (κ3) is 2.69. The van der Waals surface area contributed by atoms with Gasteiger partial charge in [-0.1, -0.05) is 27.7 Å². The SMILES string of the molecule is COC1(C)CC(NC(=O)[C@@H](N)CC(C)C)C1(C)C. The normalized spacial score (nSPS) is 31.9. The van der Waals surface area contributed by atoms with Gasteiger partial charge in [-0.25, -0.2) is 0 Å². The van der Waals surface area contributed by atoms with E-state index >= 15 is 0 Å². The van der Waals surface area contributed by atoms with Crippen LogP contribution in [0.1, 0.15) is 47.5 Å². The fourth-order valence-corrected chi connectivity index (χ4v) is 2.62. The maximum Gasteiger partial charge on any atom is 0.237 e. The van der Waals surface area contributed by atoms with Gasteiger partial charge in [-0.15, -0.1) is 0 Å². The number of amides is 1. The largest absolute Gasteiger partial charge is 0.378 e. The summed E-state index contributed by atoms with van der Waals surface area (Å²) in [6.45, 7) is 10.5. The van der Waals surface area contributed by atoms with Crippen LogP contribution in [-0.4, -0.2) is 30.7 Å². The van der Waals surface area contributed by atoms with Crippen molar-refractivity contribution in [2.75, 3.05) is 7.11 Å². The van der Waals surface area contributed by atoms with Gasteiger partial charge in [-0.3, -0.25) is 4.79 Å². The average Bonchev–Trinajstić information content (AvgIpc) is 2.26. The molecule has 0 aromatic rings. The molecule has 1 aliphatic carbocycles. The summed E-state index contributed by atoms with van der Waals surface area (Å²) in [6.07, 6.45) is 1.57. The average molecular weight is 256 g/mol. The Kier molecular flexibility index (Phi) is 4.44. The third-order valence-electron chi connectivity index (χ3n) is 4.66. The second-order valence-electron chi connectivity index (χ2n) is 6.66. The number of methoxy groups -OCH3 is 1. The highest BCUT2D eigenvalue weighted by Gasteiger charge is 2.58. The quantitative estimate of drug-likeness (QED) is 0.786. The van der Waals surface area contributed by atoms with Crippen molar-refractivity contribution in [2.45, 2.75) is 65.1 Å². The lowest BCUT2D eigenvalue weighted by Gasteiger charge is -2.59. The molecule has 0 radical (unpaired) electrons. The van der Waals surface area contributed by atoms with Gasteiger partial charge in [0.2, 0.25) is 5.91 Å². The summed E-state index contributed by atoms with van der Waals surface area (Å²) >= 11 is 0. The minimum absolute atomic E-state index is 0.0417. The zero-order valence-corrected chi connectivity index (χ0v) is 12.5. The highest BCUT2D eigenvalue weighted by Crippen LogP contribution is 2.51. The molecule has 0 spiro atoms. The molecule has 4 heteroatoms. The molecule has 3 atom stereocenters. The van der Waals surface area contributed by atoms with Crippen molar-refractivity contribution in [1.29, 1.82) is 0 Å². The fraction of sp³-hybridized carbons (Fsp3) is 0.929. The van der Waals surface area contributed by atoms with Gasteiger partial charge in [0, 0.05) is 18.6 Å². The van der Waals surface area contributed by atoms with E-state index in [1.165, 1.54) is 0 Å². The first-order chi connectivity index (χ1) is 8.14. The molecule has 1 fully saturated rings. The van der Waals surface area contributed by atoms with Crippen LogP contribution in [0.15, 0.2) is 0 Å². The van der Waals surface area contributed by atoms with E-state index in [2.05, 4.69) is 39.9 Å². The maximum absolute atomic E-state index is 12.0. The van der Waals surface area contributed by atoms with Crippen molar-refractivity contribution in [2.24, 2.45) is 17.1 Å². The lowest BCUT2D eigenvalue weighted by Crippen LogP contribution is -2.69. The van der Waals surface area contributed by atoms with Crippen molar-refractivity contribution in [1.82, 2.24) is 5.32 Å². The Morgan fingerprint density at radius 3 is 2.39 bits per heavy atom. The van der Waals surface area contributed by atoms with Crippen LogP contribution in [0.4, 0.5) is 0 Å². The van der Waals surface area contributed by atoms with Gasteiger partial charge in [0.25, 0.3) is 0 Å². The summed E-state index contributed by atoms with van der Waals surface area (Å²) < 4.78 is 5.54. The Morgan fingerprint density at radius 1 is 1.44 bits per heavy atom. The minimum atomic E-state index is -0.407. The number of rotatable bonds is 5. The molecule has 0 saturated heterocycles. The van der Waals surface area contributed by atoms with E-state index in [1.54, 1.807) is 7.11 Å². The molecule has 18 heavy (non-hydrogen) atoms. The molecule has 0 heterocycles. The van der Waals surface area contributed by atoms with Crippen molar-refractivity contribution in [3.05, 3.63) is 0 Å². The number of carbonyl (C=O) groups is 1. The summed E-state index contributed by atoms with van der Waals surface area (Å²) in [6, 6.07) is -0.261. The zero-order valence-electron chi connectivity index (χ0n) is 12.5. The predicted octanol–water partition coefficient (Wildman–Crippen LogP) is 1.68. The standard InChI is InChI=1S/C14H28N2O2/c1-9(2)7-10(15)12(17)16-11-8-14(5,18-6)13(11,3)4/h9-11H,7-8,15H2,1-6H3,(H,16,17)/t10-,11?,14?/m0/s1. The van der Waals surface area contributed by atoms with E-state index in [0.717, 1.165) is 12.8 Å². The van der Waals surface area contributed by atoms with Crippen LogP contribution in [0.2, 0.25) is 0 Å². The molecule has 2 unspecified atom stereocenters. The van der Waals surface area contributed by atoms with Crippen molar-refractivity contribution < 1.29 is 9.53 Å². The third-order valence-corrected chi connectivity index (χ3v) is 4.66. The number of hydrogen-bond acceptors (Lipinski definition) is 3. The molecule has 1 rings (SSSR count). The number of nitrogens with two attached hydrogens (primary N) is 1. The van der Waals surface area contributed by atoms with E-state index in [0.29, 0.717) is 5.92 Å². The number of nitrogens with one attached hydrogen (secondary N) is 1. The van der Waals surface area contributed by atoms with E-state index < -0.39 is 6.04 Å². The molecular formula is C14H28N2O2. The van der Waals surface area contributed by atoms with Crippen molar-refractivity contribution in [3.63, 3.8) is 0 Å². The molecular weight excluding hydrogens is 228 g/mol. The van der Waals surface area contributed by atoms with Gasteiger partial charge in [0.15, 0.2) is 0 Å². The van der Waals surface area contributed by atoms with Gasteiger partial charge in [0.05, 0.1) is 11.6 Å². The Morgan fingerprint density at radius 2 is 2.00 bits per heavy atom. The topological polar surface area (TPSA) is 64.3 Å². The molecule has 0 aliphatic heterocycles. The van der Waals surface area contributed by atoms with Crippen LogP contribution in [-0.2, 0) is 9.53 Å². The molecule has 1 amide bonds. The van der Waals surface area contributed by atoms with Gasteiger partial charge in [0.1, 0.15) is 0 Å². The summed E-state index contributed by atoms with van der Waals surface area (Å²) in [5.41, 5.74) is 5.67.